The van der Waals surface area contributed by atoms with Crippen molar-refractivity contribution in [1.82, 2.24) is 5.43 Å². The average molecular weight is 347 g/mol. The first-order valence-electron chi connectivity index (χ1n) is 7.75. The summed E-state index contributed by atoms with van der Waals surface area (Å²) in [7, 11) is 0. The second kappa shape index (κ2) is 6.85. The van der Waals surface area contributed by atoms with E-state index < -0.39 is 0 Å². The van der Waals surface area contributed by atoms with Gasteiger partial charge in [-0.3, -0.25) is 4.79 Å². The van der Waals surface area contributed by atoms with Crippen LogP contribution in [-0.2, 0) is 12.8 Å². The lowest BCUT2D eigenvalue weighted by Gasteiger charge is -2.16. The van der Waals surface area contributed by atoms with Gasteiger partial charge < -0.3 is 0 Å². The Kier molecular flexibility index (Phi) is 4.83. The van der Waals surface area contributed by atoms with E-state index >= 15 is 0 Å². The van der Waals surface area contributed by atoms with E-state index in [-0.39, 0.29) is 5.91 Å². The van der Waals surface area contributed by atoms with Crippen LogP contribution in [-0.4, -0.2) is 11.6 Å². The molecule has 3 rings (SSSR count). The van der Waals surface area contributed by atoms with Crippen molar-refractivity contribution in [2.75, 3.05) is 0 Å². The van der Waals surface area contributed by atoms with Crippen molar-refractivity contribution in [3.05, 3.63) is 56.2 Å². The van der Waals surface area contributed by atoms with Gasteiger partial charge in [0.15, 0.2) is 0 Å². The van der Waals surface area contributed by atoms with Crippen molar-refractivity contribution in [3.8, 4) is 0 Å². The Labute approximate surface area is 145 Å². The van der Waals surface area contributed by atoms with Gasteiger partial charge in [0.25, 0.3) is 5.91 Å². The van der Waals surface area contributed by atoms with Gasteiger partial charge in [0, 0.05) is 15.5 Å². The number of nitrogens with one attached hydrogen (secondary N) is 1. The Balaban J connectivity index is 1.72. The minimum absolute atomic E-state index is 0.150. The normalized spacial score (nSPS) is 17.7. The monoisotopic (exact) mass is 346 g/mol. The number of hydrogen-bond acceptors (Lipinski definition) is 3. The van der Waals surface area contributed by atoms with E-state index in [0.717, 1.165) is 23.3 Å². The van der Waals surface area contributed by atoms with E-state index in [2.05, 4.69) is 17.5 Å². The quantitative estimate of drug-likeness (QED) is 0.636. The predicted octanol–water partition coefficient (Wildman–Crippen LogP) is 4.68. The van der Waals surface area contributed by atoms with Crippen LogP contribution in [0.4, 0.5) is 0 Å². The second-order valence-electron chi connectivity index (χ2n) is 6.03. The summed E-state index contributed by atoms with van der Waals surface area (Å²) in [5, 5.41) is 4.82. The molecule has 2 aromatic rings. The van der Waals surface area contributed by atoms with E-state index in [9.17, 15) is 4.79 Å². The number of thiophene rings is 1. The van der Waals surface area contributed by atoms with E-state index in [1.165, 1.54) is 16.9 Å². The summed E-state index contributed by atoms with van der Waals surface area (Å²) >= 11 is 7.73. The number of nitrogens with zero attached hydrogens (tertiary/aromatic N) is 1. The van der Waals surface area contributed by atoms with Gasteiger partial charge in [0.1, 0.15) is 0 Å². The van der Waals surface area contributed by atoms with Crippen LogP contribution in [0.2, 0.25) is 5.02 Å². The molecule has 1 atom stereocenters. The molecule has 0 spiro atoms. The predicted molar refractivity (Wildman–Crippen MR) is 96.6 cm³/mol. The molecule has 0 fully saturated rings. The van der Waals surface area contributed by atoms with Crippen molar-refractivity contribution in [3.63, 3.8) is 0 Å². The van der Waals surface area contributed by atoms with Crippen molar-refractivity contribution in [2.45, 2.75) is 33.1 Å². The molecule has 0 unspecified atom stereocenters. The number of hydrogen-bond donors (Lipinski definition) is 1. The molecule has 0 bridgehead atoms. The van der Waals surface area contributed by atoms with Gasteiger partial charge >= 0.3 is 0 Å². The second-order valence-corrected chi connectivity index (χ2v) is 7.57. The first-order chi connectivity index (χ1) is 11.0. The largest absolute Gasteiger partial charge is 0.281 e. The van der Waals surface area contributed by atoms with Crippen LogP contribution in [0.1, 0.15) is 45.9 Å². The fraction of sp³-hybridized carbons (Fsp3) is 0.333. The molecule has 1 heterocycles. The summed E-state index contributed by atoms with van der Waals surface area (Å²) < 4.78 is 0. The van der Waals surface area contributed by atoms with Crippen molar-refractivity contribution in [1.29, 1.82) is 0 Å². The topological polar surface area (TPSA) is 41.5 Å². The zero-order valence-electron chi connectivity index (χ0n) is 13.2. The molecule has 120 valence electrons. The standard InChI is InChI=1S/C18H19ClN2OS/c1-11-7-8-16-13(9-11)10-17(23-16)18(22)21-20-12(2)14-5-3-4-6-15(14)19/h3-6,10-11H,7-9H2,1-2H3,(H,21,22)/b20-12-/t11-/m0/s1. The molecule has 1 N–H and O–H groups in total. The minimum atomic E-state index is -0.150. The summed E-state index contributed by atoms with van der Waals surface area (Å²) in [6.07, 6.45) is 3.36. The number of amides is 1. The number of fused-ring (bicyclic) bond motifs is 1. The van der Waals surface area contributed by atoms with Gasteiger partial charge in [-0.2, -0.15) is 5.10 Å². The molecule has 1 aromatic heterocycles. The lowest BCUT2D eigenvalue weighted by atomic mass is 9.90. The molecule has 0 aliphatic heterocycles. The number of carbonyl (C=O) groups excluding carboxylic acids is 1. The lowest BCUT2D eigenvalue weighted by Crippen LogP contribution is -2.18. The van der Waals surface area contributed by atoms with E-state index in [1.807, 2.05) is 37.3 Å². The Morgan fingerprint density at radius 1 is 1.39 bits per heavy atom. The van der Waals surface area contributed by atoms with Gasteiger partial charge in [-0.15, -0.1) is 11.3 Å². The number of halogens is 1. The number of benzene rings is 1. The van der Waals surface area contributed by atoms with Crippen LogP contribution in [0.15, 0.2) is 35.4 Å². The highest BCUT2D eigenvalue weighted by molar-refractivity contribution is 7.14. The fourth-order valence-electron chi connectivity index (χ4n) is 2.82. The summed E-state index contributed by atoms with van der Waals surface area (Å²) in [5.41, 5.74) is 5.49. The number of carbonyl (C=O) groups is 1. The number of rotatable bonds is 3. The molecule has 0 radical (unpaired) electrons. The molecule has 0 saturated heterocycles. The minimum Gasteiger partial charge on any atom is -0.266 e. The van der Waals surface area contributed by atoms with Crippen LogP contribution in [0.5, 0.6) is 0 Å². The molecule has 3 nitrogen and oxygen atoms in total. The van der Waals surface area contributed by atoms with Gasteiger partial charge in [-0.25, -0.2) is 5.43 Å². The van der Waals surface area contributed by atoms with Crippen LogP contribution < -0.4 is 5.43 Å². The highest BCUT2D eigenvalue weighted by Crippen LogP contribution is 2.32. The van der Waals surface area contributed by atoms with Crippen molar-refractivity contribution in [2.24, 2.45) is 11.0 Å². The number of hydrazone groups is 1. The van der Waals surface area contributed by atoms with Crippen LogP contribution in [0.3, 0.4) is 0 Å². The zero-order valence-corrected chi connectivity index (χ0v) is 14.8. The van der Waals surface area contributed by atoms with Crippen molar-refractivity contribution < 1.29 is 4.79 Å². The maximum Gasteiger partial charge on any atom is 0.281 e. The summed E-state index contributed by atoms with van der Waals surface area (Å²) in [6, 6.07) is 9.49. The molecular formula is C18H19ClN2OS. The third-order valence-electron chi connectivity index (χ3n) is 4.14. The SMILES string of the molecule is C/C(=N/NC(=O)c1cc2c(s1)CC[C@H](C)C2)c1ccccc1Cl. The Bertz CT molecular complexity index is 766. The van der Waals surface area contributed by atoms with Gasteiger partial charge in [0.2, 0.25) is 0 Å². The van der Waals surface area contributed by atoms with E-state index in [1.54, 1.807) is 11.3 Å². The van der Waals surface area contributed by atoms with Crippen LogP contribution in [0, 0.1) is 5.92 Å². The van der Waals surface area contributed by atoms with E-state index in [0.29, 0.717) is 16.7 Å². The molecule has 23 heavy (non-hydrogen) atoms. The van der Waals surface area contributed by atoms with Gasteiger partial charge in [-0.1, -0.05) is 36.7 Å². The molecule has 1 aromatic carbocycles. The smallest absolute Gasteiger partial charge is 0.266 e. The lowest BCUT2D eigenvalue weighted by molar-refractivity contribution is 0.0959. The van der Waals surface area contributed by atoms with Crippen LogP contribution in [0.25, 0.3) is 0 Å². The maximum absolute atomic E-state index is 12.3. The summed E-state index contributed by atoms with van der Waals surface area (Å²) in [5.74, 6) is 0.553. The fourth-order valence-corrected chi connectivity index (χ4v) is 4.19. The zero-order chi connectivity index (χ0) is 16.4. The average Bonchev–Trinajstić information content (AvgIpc) is 2.95. The van der Waals surface area contributed by atoms with Crippen LogP contribution >= 0.6 is 22.9 Å². The third kappa shape index (κ3) is 3.65. The number of aryl methyl sites for hydroxylation is 1. The third-order valence-corrected chi connectivity index (χ3v) is 5.71. The summed E-state index contributed by atoms with van der Waals surface area (Å²) in [4.78, 5) is 14.4. The summed E-state index contributed by atoms with van der Waals surface area (Å²) in [6.45, 7) is 4.10. The molecule has 5 heteroatoms. The molecule has 1 aliphatic carbocycles. The van der Waals surface area contributed by atoms with E-state index in [4.69, 9.17) is 11.6 Å². The molecule has 1 amide bonds. The molecule has 0 saturated carbocycles. The first kappa shape index (κ1) is 16.2. The first-order valence-corrected chi connectivity index (χ1v) is 8.95. The van der Waals surface area contributed by atoms with Gasteiger partial charge in [-0.05, 0) is 49.8 Å². The Hall–Kier alpha value is -1.65. The Morgan fingerprint density at radius 3 is 2.96 bits per heavy atom. The van der Waals surface area contributed by atoms with Crippen molar-refractivity contribution >= 4 is 34.6 Å². The maximum atomic E-state index is 12.3. The molecule has 1 aliphatic rings. The highest BCUT2D eigenvalue weighted by Gasteiger charge is 2.20. The molecular weight excluding hydrogens is 328 g/mol. The van der Waals surface area contributed by atoms with Gasteiger partial charge in [0.05, 0.1) is 10.6 Å². The Morgan fingerprint density at radius 2 is 2.17 bits per heavy atom. The highest BCUT2D eigenvalue weighted by atomic mass is 35.5.